The lowest BCUT2D eigenvalue weighted by molar-refractivity contribution is 0.208. The summed E-state index contributed by atoms with van der Waals surface area (Å²) in [6.07, 6.45) is 0. The van der Waals surface area contributed by atoms with E-state index in [1.807, 2.05) is 54.3 Å². The maximum atomic E-state index is 12.5. The molecule has 0 saturated carbocycles. The highest BCUT2D eigenvalue weighted by Gasteiger charge is 2.22. The minimum atomic E-state index is -0.0916. The number of urea groups is 1. The molecule has 0 spiro atoms. The van der Waals surface area contributed by atoms with Crippen molar-refractivity contribution in [2.45, 2.75) is 6.92 Å². The fraction of sp³-hybridized carbons (Fsp3) is 0.278. The molecule has 6 heteroatoms. The molecule has 0 atom stereocenters. The Balaban J connectivity index is 1.60. The van der Waals surface area contributed by atoms with Gasteiger partial charge in [-0.2, -0.15) is 0 Å². The molecule has 0 aromatic heterocycles. The Hall–Kier alpha value is -1.91. The zero-order valence-electron chi connectivity index (χ0n) is 13.4. The number of benzene rings is 2. The summed E-state index contributed by atoms with van der Waals surface area (Å²) in [6.45, 7) is 4.79. The number of piperazine rings is 1. The predicted molar refractivity (Wildman–Crippen MR) is 100 cm³/mol. The Labute approximate surface area is 152 Å². The topological polar surface area (TPSA) is 35.6 Å². The average Bonchev–Trinajstić information content (AvgIpc) is 2.59. The van der Waals surface area contributed by atoms with Crippen molar-refractivity contribution >= 4 is 40.6 Å². The number of halogens is 2. The van der Waals surface area contributed by atoms with Gasteiger partial charge in [-0.3, -0.25) is 0 Å². The summed E-state index contributed by atoms with van der Waals surface area (Å²) in [5.74, 6) is 0. The second-order valence-corrected chi connectivity index (χ2v) is 6.64. The van der Waals surface area contributed by atoms with Crippen molar-refractivity contribution in [3.05, 3.63) is 58.1 Å². The molecular weight excluding hydrogens is 345 g/mol. The van der Waals surface area contributed by atoms with Crippen molar-refractivity contribution in [1.29, 1.82) is 0 Å². The molecule has 1 N–H and O–H groups in total. The van der Waals surface area contributed by atoms with Gasteiger partial charge in [0.1, 0.15) is 0 Å². The van der Waals surface area contributed by atoms with Gasteiger partial charge in [0.05, 0.1) is 0 Å². The van der Waals surface area contributed by atoms with Crippen LogP contribution >= 0.6 is 23.2 Å². The Morgan fingerprint density at radius 2 is 1.75 bits per heavy atom. The number of carbonyl (C=O) groups is 1. The maximum Gasteiger partial charge on any atom is 0.321 e. The van der Waals surface area contributed by atoms with E-state index in [-0.39, 0.29) is 6.03 Å². The van der Waals surface area contributed by atoms with Crippen molar-refractivity contribution in [1.82, 2.24) is 4.90 Å². The van der Waals surface area contributed by atoms with Crippen molar-refractivity contribution < 1.29 is 4.79 Å². The fourth-order valence-electron chi connectivity index (χ4n) is 2.78. The van der Waals surface area contributed by atoms with Crippen LogP contribution in [0.2, 0.25) is 10.0 Å². The van der Waals surface area contributed by atoms with Crippen LogP contribution in [0.25, 0.3) is 0 Å². The van der Waals surface area contributed by atoms with E-state index in [4.69, 9.17) is 23.2 Å². The first-order chi connectivity index (χ1) is 11.5. The molecule has 126 valence electrons. The summed E-state index contributed by atoms with van der Waals surface area (Å²) < 4.78 is 0. The Morgan fingerprint density at radius 1 is 1.04 bits per heavy atom. The van der Waals surface area contributed by atoms with Crippen molar-refractivity contribution in [2.75, 3.05) is 36.4 Å². The molecule has 0 aliphatic carbocycles. The number of hydrogen-bond acceptors (Lipinski definition) is 2. The van der Waals surface area contributed by atoms with Gasteiger partial charge in [0.15, 0.2) is 0 Å². The van der Waals surface area contributed by atoms with E-state index < -0.39 is 0 Å². The second-order valence-electron chi connectivity index (χ2n) is 5.80. The van der Waals surface area contributed by atoms with E-state index in [9.17, 15) is 4.79 Å². The molecule has 1 aliphatic rings. The molecule has 1 saturated heterocycles. The van der Waals surface area contributed by atoms with Gasteiger partial charge in [-0.1, -0.05) is 35.3 Å². The fourth-order valence-corrected chi connectivity index (χ4v) is 3.14. The number of rotatable bonds is 2. The average molecular weight is 364 g/mol. The summed E-state index contributed by atoms with van der Waals surface area (Å²) in [7, 11) is 0. The molecule has 3 rings (SSSR count). The van der Waals surface area contributed by atoms with E-state index in [0.29, 0.717) is 18.1 Å². The largest absolute Gasteiger partial charge is 0.368 e. The Morgan fingerprint density at radius 3 is 2.46 bits per heavy atom. The SMILES string of the molecule is Cc1c(Cl)cccc1NC(=O)N1CCN(c2cccc(Cl)c2)CC1. The number of amides is 2. The molecule has 2 amide bonds. The molecule has 24 heavy (non-hydrogen) atoms. The number of hydrogen-bond donors (Lipinski definition) is 1. The molecule has 4 nitrogen and oxygen atoms in total. The van der Waals surface area contributed by atoms with Crippen LogP contribution in [-0.2, 0) is 0 Å². The summed E-state index contributed by atoms with van der Waals surface area (Å²) in [6, 6.07) is 13.2. The number of anilines is 2. The van der Waals surface area contributed by atoms with E-state index >= 15 is 0 Å². The molecular formula is C18H19Cl2N3O. The van der Waals surface area contributed by atoms with Crippen LogP contribution in [0.15, 0.2) is 42.5 Å². The normalized spacial score (nSPS) is 14.6. The van der Waals surface area contributed by atoms with Gasteiger partial charge < -0.3 is 15.1 Å². The molecule has 0 unspecified atom stereocenters. The lowest BCUT2D eigenvalue weighted by Gasteiger charge is -2.36. The lowest BCUT2D eigenvalue weighted by Crippen LogP contribution is -2.50. The van der Waals surface area contributed by atoms with E-state index in [2.05, 4.69) is 10.2 Å². The molecule has 2 aromatic carbocycles. The minimum absolute atomic E-state index is 0.0916. The predicted octanol–water partition coefficient (Wildman–Crippen LogP) is 4.66. The van der Waals surface area contributed by atoms with Gasteiger partial charge in [0, 0.05) is 47.6 Å². The molecule has 1 fully saturated rings. The number of nitrogens with zero attached hydrogens (tertiary/aromatic N) is 2. The highest BCUT2D eigenvalue weighted by molar-refractivity contribution is 6.31. The van der Waals surface area contributed by atoms with Crippen LogP contribution in [0, 0.1) is 6.92 Å². The summed E-state index contributed by atoms with van der Waals surface area (Å²) in [5, 5.41) is 4.32. The van der Waals surface area contributed by atoms with Crippen LogP contribution in [-0.4, -0.2) is 37.1 Å². The van der Waals surface area contributed by atoms with Crippen LogP contribution in [0.3, 0.4) is 0 Å². The van der Waals surface area contributed by atoms with Crippen LogP contribution in [0.4, 0.5) is 16.2 Å². The maximum absolute atomic E-state index is 12.5. The number of nitrogens with one attached hydrogen (secondary N) is 1. The van der Waals surface area contributed by atoms with Crippen molar-refractivity contribution in [3.8, 4) is 0 Å². The summed E-state index contributed by atoms with van der Waals surface area (Å²) >= 11 is 12.1. The van der Waals surface area contributed by atoms with Gasteiger partial charge in [0.25, 0.3) is 0 Å². The molecule has 0 bridgehead atoms. The first kappa shape index (κ1) is 16.9. The lowest BCUT2D eigenvalue weighted by atomic mass is 10.2. The van der Waals surface area contributed by atoms with Crippen LogP contribution in [0.1, 0.15) is 5.56 Å². The third-order valence-electron chi connectivity index (χ3n) is 4.25. The van der Waals surface area contributed by atoms with Crippen molar-refractivity contribution in [3.63, 3.8) is 0 Å². The third kappa shape index (κ3) is 3.77. The molecule has 2 aromatic rings. The van der Waals surface area contributed by atoms with Crippen LogP contribution in [0.5, 0.6) is 0 Å². The standard InChI is InChI=1S/C18H19Cl2N3O/c1-13-16(20)6-3-7-17(13)21-18(24)23-10-8-22(9-11-23)15-5-2-4-14(19)12-15/h2-7,12H,8-11H2,1H3,(H,21,24). The number of carbonyl (C=O) groups excluding carboxylic acids is 1. The third-order valence-corrected chi connectivity index (χ3v) is 4.89. The highest BCUT2D eigenvalue weighted by Crippen LogP contribution is 2.24. The first-order valence-corrected chi connectivity index (χ1v) is 8.62. The van der Waals surface area contributed by atoms with E-state index in [1.165, 1.54) is 0 Å². The zero-order chi connectivity index (χ0) is 17.1. The van der Waals surface area contributed by atoms with Gasteiger partial charge in [0.2, 0.25) is 0 Å². The molecule has 1 aliphatic heterocycles. The van der Waals surface area contributed by atoms with Gasteiger partial charge >= 0.3 is 6.03 Å². The van der Waals surface area contributed by atoms with Crippen LogP contribution < -0.4 is 10.2 Å². The molecule has 1 heterocycles. The second kappa shape index (κ2) is 7.32. The summed E-state index contributed by atoms with van der Waals surface area (Å²) in [4.78, 5) is 16.5. The smallest absolute Gasteiger partial charge is 0.321 e. The monoisotopic (exact) mass is 363 g/mol. The van der Waals surface area contributed by atoms with Gasteiger partial charge in [-0.25, -0.2) is 4.79 Å². The van der Waals surface area contributed by atoms with Gasteiger partial charge in [-0.05, 0) is 42.8 Å². The highest BCUT2D eigenvalue weighted by atomic mass is 35.5. The first-order valence-electron chi connectivity index (χ1n) is 7.86. The minimum Gasteiger partial charge on any atom is -0.368 e. The van der Waals surface area contributed by atoms with Gasteiger partial charge in [-0.15, -0.1) is 0 Å². The Bertz CT molecular complexity index is 743. The zero-order valence-corrected chi connectivity index (χ0v) is 14.9. The summed E-state index contributed by atoms with van der Waals surface area (Å²) in [5.41, 5.74) is 2.73. The Kier molecular flexibility index (Phi) is 5.17. The van der Waals surface area contributed by atoms with Crippen molar-refractivity contribution in [2.24, 2.45) is 0 Å². The van der Waals surface area contributed by atoms with E-state index in [0.717, 1.165) is 35.1 Å². The molecule has 0 radical (unpaired) electrons. The van der Waals surface area contributed by atoms with E-state index in [1.54, 1.807) is 0 Å². The quantitative estimate of drug-likeness (QED) is 0.842.